The first kappa shape index (κ1) is 14.6. The lowest BCUT2D eigenvalue weighted by Gasteiger charge is -2.14. The summed E-state index contributed by atoms with van der Waals surface area (Å²) in [6.45, 7) is 5.04. The summed E-state index contributed by atoms with van der Waals surface area (Å²) >= 11 is 1.15. The zero-order valence-corrected chi connectivity index (χ0v) is 13.0. The molecule has 1 heterocycles. The van der Waals surface area contributed by atoms with Gasteiger partial charge in [0, 0.05) is 6.54 Å². The monoisotopic (exact) mass is 303 g/mol. The number of sulfone groups is 1. The zero-order valence-electron chi connectivity index (χ0n) is 11.3. The smallest absolute Gasteiger partial charge is 0.187 e. The van der Waals surface area contributed by atoms with Crippen LogP contribution >= 0.6 is 11.5 Å². The van der Waals surface area contributed by atoms with E-state index in [1.807, 2.05) is 0 Å². The molecule has 0 saturated heterocycles. The maximum Gasteiger partial charge on any atom is 0.187 e. The molecule has 0 aromatic carbocycles. The van der Waals surface area contributed by atoms with Crippen LogP contribution in [-0.4, -0.2) is 24.6 Å². The molecule has 3 N–H and O–H groups in total. The number of rotatable bonds is 7. The maximum atomic E-state index is 12.3. The lowest BCUT2D eigenvalue weighted by molar-refractivity contribution is 0.519. The van der Waals surface area contributed by atoms with Gasteiger partial charge in [0.15, 0.2) is 15.7 Å². The molecule has 1 aromatic heterocycles. The number of hydrogen-bond acceptors (Lipinski definition) is 6. The van der Waals surface area contributed by atoms with Crippen molar-refractivity contribution in [1.29, 1.82) is 0 Å². The second-order valence-electron chi connectivity index (χ2n) is 5.03. The summed E-state index contributed by atoms with van der Waals surface area (Å²) in [5.74, 6) is 0.684. The Kier molecular flexibility index (Phi) is 4.35. The fraction of sp³-hybridized carbons (Fsp3) is 0.750. The molecule has 19 heavy (non-hydrogen) atoms. The lowest BCUT2D eigenvalue weighted by Crippen LogP contribution is -2.15. The van der Waals surface area contributed by atoms with Crippen LogP contribution in [0.25, 0.3) is 0 Å². The third-order valence-electron chi connectivity index (χ3n) is 3.63. The Morgan fingerprint density at radius 2 is 2.05 bits per heavy atom. The minimum atomic E-state index is -3.28. The number of nitrogen functional groups attached to an aromatic ring is 1. The second kappa shape index (κ2) is 5.66. The van der Waals surface area contributed by atoms with E-state index in [1.165, 1.54) is 0 Å². The van der Waals surface area contributed by atoms with Gasteiger partial charge in [-0.15, -0.1) is 0 Å². The zero-order chi connectivity index (χ0) is 14.0. The molecule has 1 aliphatic carbocycles. The van der Waals surface area contributed by atoms with Crippen LogP contribution in [0.1, 0.15) is 39.5 Å². The fourth-order valence-electron chi connectivity index (χ4n) is 2.04. The van der Waals surface area contributed by atoms with Crippen molar-refractivity contribution >= 4 is 32.2 Å². The fourth-order valence-corrected chi connectivity index (χ4v) is 4.93. The Morgan fingerprint density at radius 1 is 1.42 bits per heavy atom. The summed E-state index contributed by atoms with van der Waals surface area (Å²) in [7, 11) is -3.28. The molecule has 0 atom stereocenters. The largest absolute Gasteiger partial charge is 0.382 e. The van der Waals surface area contributed by atoms with Gasteiger partial charge >= 0.3 is 0 Å². The molecule has 0 radical (unpaired) electrons. The Bertz CT molecular complexity index is 531. The number of nitrogens with zero attached hydrogens (tertiary/aromatic N) is 1. The van der Waals surface area contributed by atoms with Crippen LogP contribution in [0.15, 0.2) is 4.90 Å². The minimum absolute atomic E-state index is 0.143. The molecule has 1 saturated carbocycles. The number of anilines is 2. The summed E-state index contributed by atoms with van der Waals surface area (Å²) in [5.41, 5.74) is 5.74. The van der Waals surface area contributed by atoms with Crippen LogP contribution in [0.4, 0.5) is 10.8 Å². The van der Waals surface area contributed by atoms with Crippen LogP contribution in [0.3, 0.4) is 0 Å². The highest BCUT2D eigenvalue weighted by Gasteiger charge is 2.40. The van der Waals surface area contributed by atoms with Gasteiger partial charge in [0.1, 0.15) is 9.90 Å². The van der Waals surface area contributed by atoms with Crippen molar-refractivity contribution in [3.63, 3.8) is 0 Å². The van der Waals surface area contributed by atoms with Crippen molar-refractivity contribution in [2.75, 3.05) is 17.6 Å². The molecular formula is C12H21N3O2S2. The van der Waals surface area contributed by atoms with E-state index in [9.17, 15) is 8.42 Å². The lowest BCUT2D eigenvalue weighted by atomic mass is 10.0. The van der Waals surface area contributed by atoms with Gasteiger partial charge in [0.05, 0.1) is 5.25 Å². The van der Waals surface area contributed by atoms with Gasteiger partial charge in [0.2, 0.25) is 0 Å². The van der Waals surface area contributed by atoms with Gasteiger partial charge in [-0.05, 0) is 30.3 Å². The average Bonchev–Trinajstić information content (AvgIpc) is 3.16. The average molecular weight is 303 g/mol. The summed E-state index contributed by atoms with van der Waals surface area (Å²) in [6.07, 6.45) is 3.62. The van der Waals surface area contributed by atoms with Crippen LogP contribution in [0, 0.1) is 5.92 Å². The predicted molar refractivity (Wildman–Crippen MR) is 79.3 cm³/mol. The molecule has 0 spiro atoms. The normalized spacial score (nSPS) is 15.9. The molecule has 108 valence electrons. The Balaban J connectivity index is 2.18. The van der Waals surface area contributed by atoms with Crippen LogP contribution in [0.2, 0.25) is 0 Å². The van der Waals surface area contributed by atoms with Crippen LogP contribution < -0.4 is 11.1 Å². The molecule has 0 amide bonds. The quantitative estimate of drug-likeness (QED) is 0.808. The van der Waals surface area contributed by atoms with Gasteiger partial charge in [0.25, 0.3) is 0 Å². The first-order chi connectivity index (χ1) is 9.00. The Labute approximate surface area is 118 Å². The van der Waals surface area contributed by atoms with E-state index in [4.69, 9.17) is 5.73 Å². The third-order valence-corrected chi connectivity index (χ3v) is 6.91. The van der Waals surface area contributed by atoms with Crippen molar-refractivity contribution in [1.82, 2.24) is 4.37 Å². The van der Waals surface area contributed by atoms with E-state index in [0.717, 1.165) is 43.8 Å². The number of nitrogens with one attached hydrogen (secondary N) is 1. The second-order valence-corrected chi connectivity index (χ2v) is 7.97. The highest BCUT2D eigenvalue weighted by atomic mass is 32.2. The molecule has 7 heteroatoms. The topological polar surface area (TPSA) is 85.1 Å². The van der Waals surface area contributed by atoms with E-state index < -0.39 is 9.84 Å². The molecule has 5 nitrogen and oxygen atoms in total. The van der Waals surface area contributed by atoms with E-state index in [-0.39, 0.29) is 16.0 Å². The Hall–Kier alpha value is -0.820. The highest BCUT2D eigenvalue weighted by molar-refractivity contribution is 7.92. The van der Waals surface area contributed by atoms with Crippen LogP contribution in [0.5, 0.6) is 0 Å². The first-order valence-corrected chi connectivity index (χ1v) is 9.05. The summed E-state index contributed by atoms with van der Waals surface area (Å²) < 4.78 is 28.7. The molecule has 1 aliphatic rings. The molecule has 0 bridgehead atoms. The molecular weight excluding hydrogens is 282 g/mol. The molecule has 2 rings (SSSR count). The number of nitrogens with two attached hydrogens (primary N) is 1. The number of hydrogen-bond donors (Lipinski definition) is 2. The summed E-state index contributed by atoms with van der Waals surface area (Å²) in [6, 6.07) is 0. The molecule has 1 fully saturated rings. The molecule has 1 aromatic rings. The van der Waals surface area contributed by atoms with Crippen molar-refractivity contribution in [2.24, 2.45) is 5.92 Å². The van der Waals surface area contributed by atoms with Crippen LogP contribution in [-0.2, 0) is 9.84 Å². The van der Waals surface area contributed by atoms with Gasteiger partial charge in [-0.25, -0.2) is 8.42 Å². The third kappa shape index (κ3) is 3.02. The van der Waals surface area contributed by atoms with Crippen molar-refractivity contribution < 1.29 is 8.42 Å². The summed E-state index contributed by atoms with van der Waals surface area (Å²) in [5, 5.41) is 3.58. The standard InChI is InChI=1S/C12H21N3O2S2/c1-3-8(4-2)7-14-12-10(11(13)15-18-12)19(16,17)9-5-6-9/h8-9,14H,3-7H2,1-2H3,(H2,13,15). The maximum absolute atomic E-state index is 12.3. The Morgan fingerprint density at radius 3 is 2.58 bits per heavy atom. The van der Waals surface area contributed by atoms with Crippen molar-refractivity contribution in [3.8, 4) is 0 Å². The highest BCUT2D eigenvalue weighted by Crippen LogP contribution is 2.41. The molecule has 0 aliphatic heterocycles. The van der Waals surface area contributed by atoms with E-state index >= 15 is 0 Å². The van der Waals surface area contributed by atoms with Gasteiger partial charge < -0.3 is 11.1 Å². The number of aromatic nitrogens is 1. The van der Waals surface area contributed by atoms with Gasteiger partial charge in [-0.2, -0.15) is 4.37 Å². The minimum Gasteiger partial charge on any atom is -0.382 e. The van der Waals surface area contributed by atoms with E-state index in [1.54, 1.807) is 0 Å². The SMILES string of the molecule is CCC(CC)CNc1snc(N)c1S(=O)(=O)C1CC1. The van der Waals surface area contributed by atoms with E-state index in [0.29, 0.717) is 10.9 Å². The van der Waals surface area contributed by atoms with Crippen molar-refractivity contribution in [2.45, 2.75) is 49.7 Å². The van der Waals surface area contributed by atoms with Crippen molar-refractivity contribution in [3.05, 3.63) is 0 Å². The predicted octanol–water partition coefficient (Wildman–Crippen LogP) is 2.51. The first-order valence-electron chi connectivity index (χ1n) is 6.73. The molecule has 0 unspecified atom stereocenters. The van der Waals surface area contributed by atoms with Gasteiger partial charge in [-0.1, -0.05) is 26.7 Å². The van der Waals surface area contributed by atoms with Gasteiger partial charge in [-0.3, -0.25) is 0 Å². The van der Waals surface area contributed by atoms with E-state index in [2.05, 4.69) is 23.5 Å². The summed E-state index contributed by atoms with van der Waals surface area (Å²) in [4.78, 5) is 0.228.